The third-order valence-corrected chi connectivity index (χ3v) is 6.19. The Bertz CT molecular complexity index is 1050. The second-order valence-corrected chi connectivity index (χ2v) is 8.10. The normalized spacial score (nSPS) is 25.8. The van der Waals surface area contributed by atoms with Crippen LogP contribution >= 0.6 is 0 Å². The predicted molar refractivity (Wildman–Crippen MR) is 107 cm³/mol. The Morgan fingerprint density at radius 1 is 1.10 bits per heavy atom. The molecule has 2 heterocycles. The molecular formula is C23H20FN3O4. The van der Waals surface area contributed by atoms with E-state index in [1.165, 1.54) is 30.5 Å². The fourth-order valence-electron chi connectivity index (χ4n) is 4.76. The fraction of sp³-hybridized carbons (Fsp3) is 0.304. The van der Waals surface area contributed by atoms with E-state index < -0.39 is 5.91 Å². The topological polar surface area (TPSA) is 88.6 Å². The number of benzene rings is 1. The van der Waals surface area contributed by atoms with Crippen LogP contribution in [0.1, 0.15) is 12.0 Å². The largest absolute Gasteiger partial charge is 0.439 e. The lowest BCUT2D eigenvalue weighted by Crippen LogP contribution is -2.41. The van der Waals surface area contributed by atoms with E-state index in [0.717, 1.165) is 16.9 Å². The van der Waals surface area contributed by atoms with Crippen molar-refractivity contribution in [2.45, 2.75) is 13.0 Å². The van der Waals surface area contributed by atoms with Crippen LogP contribution in [0.25, 0.3) is 0 Å². The molecule has 0 spiro atoms. The number of carbonyl (C=O) groups excluding carboxylic acids is 3. The zero-order valence-corrected chi connectivity index (χ0v) is 16.5. The lowest BCUT2D eigenvalue weighted by atomic mass is 9.85. The highest BCUT2D eigenvalue weighted by Gasteiger charge is 2.59. The molecule has 1 N–H and O–H groups in total. The van der Waals surface area contributed by atoms with Gasteiger partial charge in [-0.15, -0.1) is 0 Å². The van der Waals surface area contributed by atoms with Crippen molar-refractivity contribution in [3.63, 3.8) is 0 Å². The molecular weight excluding hydrogens is 401 g/mol. The highest BCUT2D eigenvalue weighted by Crippen LogP contribution is 2.52. The van der Waals surface area contributed by atoms with Crippen LogP contribution in [0.15, 0.2) is 54.7 Å². The quantitative estimate of drug-likeness (QED) is 0.572. The number of hydrogen-bond donors (Lipinski definition) is 1. The van der Waals surface area contributed by atoms with Crippen molar-refractivity contribution in [2.24, 2.45) is 23.7 Å². The molecule has 7 nitrogen and oxygen atoms in total. The number of ether oxygens (including phenoxy) is 1. The Hall–Kier alpha value is -3.55. The molecule has 1 saturated carbocycles. The smallest absolute Gasteiger partial charge is 0.240 e. The summed E-state index contributed by atoms with van der Waals surface area (Å²) in [6.45, 7) is -0.0782. The molecule has 158 valence electrons. The number of pyridine rings is 1. The molecule has 8 heteroatoms. The van der Waals surface area contributed by atoms with E-state index in [1.54, 1.807) is 12.1 Å². The van der Waals surface area contributed by atoms with Crippen molar-refractivity contribution < 1.29 is 23.5 Å². The van der Waals surface area contributed by atoms with Gasteiger partial charge >= 0.3 is 0 Å². The molecule has 3 amide bonds. The molecule has 1 aliphatic heterocycles. The molecule has 31 heavy (non-hydrogen) atoms. The van der Waals surface area contributed by atoms with Crippen LogP contribution in [0, 0.1) is 29.5 Å². The standard InChI is InChI=1S/C23H20FN3O4/c24-16-3-5-17(6-4-16)31-19-9-13(7-8-25-19)11-26-18(28)12-27-22(29)20-14-1-2-15(10-14)21(20)23(27)30/h1-9,14-15,20-21H,10-12H2,(H,26,28). The van der Waals surface area contributed by atoms with Gasteiger partial charge in [-0.3, -0.25) is 19.3 Å². The summed E-state index contributed by atoms with van der Waals surface area (Å²) >= 11 is 0. The number of nitrogens with zero attached hydrogens (tertiary/aromatic N) is 2. The van der Waals surface area contributed by atoms with E-state index in [2.05, 4.69) is 10.3 Å². The highest BCUT2D eigenvalue weighted by molar-refractivity contribution is 6.08. The van der Waals surface area contributed by atoms with Gasteiger partial charge in [0.2, 0.25) is 23.6 Å². The van der Waals surface area contributed by atoms with Crippen molar-refractivity contribution >= 4 is 17.7 Å². The van der Waals surface area contributed by atoms with Crippen molar-refractivity contribution in [1.29, 1.82) is 0 Å². The van der Waals surface area contributed by atoms with Gasteiger partial charge < -0.3 is 10.1 Å². The molecule has 1 aromatic heterocycles. The number of allylic oxidation sites excluding steroid dienone is 2. The molecule has 4 unspecified atom stereocenters. The number of aromatic nitrogens is 1. The average Bonchev–Trinajstić information content (AvgIpc) is 3.44. The van der Waals surface area contributed by atoms with Gasteiger partial charge in [0.25, 0.3) is 0 Å². The second kappa shape index (κ2) is 7.61. The van der Waals surface area contributed by atoms with E-state index in [4.69, 9.17) is 4.74 Å². The Labute approximate surface area is 177 Å². The Kier molecular flexibility index (Phi) is 4.77. The molecule has 2 bridgehead atoms. The van der Waals surface area contributed by atoms with E-state index in [0.29, 0.717) is 11.6 Å². The summed E-state index contributed by atoms with van der Waals surface area (Å²) in [7, 11) is 0. The zero-order valence-electron chi connectivity index (χ0n) is 16.5. The minimum atomic E-state index is -0.403. The zero-order chi connectivity index (χ0) is 21.5. The first-order valence-electron chi connectivity index (χ1n) is 10.2. The molecule has 4 atom stereocenters. The van der Waals surface area contributed by atoms with Crippen LogP contribution in [0.4, 0.5) is 4.39 Å². The number of imide groups is 1. The van der Waals surface area contributed by atoms with Crippen LogP contribution < -0.4 is 10.1 Å². The first-order chi connectivity index (χ1) is 15.0. The molecule has 2 aliphatic carbocycles. The average molecular weight is 421 g/mol. The Morgan fingerprint density at radius 2 is 1.77 bits per heavy atom. The summed E-state index contributed by atoms with van der Waals surface area (Å²) in [5, 5.41) is 2.74. The molecule has 1 saturated heterocycles. The number of nitrogens with one attached hydrogen (secondary N) is 1. The second-order valence-electron chi connectivity index (χ2n) is 8.10. The van der Waals surface area contributed by atoms with Crippen molar-refractivity contribution in [3.05, 3.63) is 66.1 Å². The molecule has 2 fully saturated rings. The molecule has 3 aliphatic rings. The third-order valence-electron chi connectivity index (χ3n) is 6.19. The van der Waals surface area contributed by atoms with Crippen LogP contribution in [-0.2, 0) is 20.9 Å². The third kappa shape index (κ3) is 3.58. The van der Waals surface area contributed by atoms with Crippen LogP contribution in [0.2, 0.25) is 0 Å². The highest BCUT2D eigenvalue weighted by atomic mass is 19.1. The number of fused-ring (bicyclic) bond motifs is 5. The van der Waals surface area contributed by atoms with Gasteiger partial charge in [-0.2, -0.15) is 0 Å². The maximum absolute atomic E-state index is 13.0. The summed E-state index contributed by atoms with van der Waals surface area (Å²) < 4.78 is 18.6. The number of amides is 3. The summed E-state index contributed by atoms with van der Waals surface area (Å²) in [6.07, 6.45) is 6.44. The van der Waals surface area contributed by atoms with Crippen molar-refractivity contribution in [3.8, 4) is 11.6 Å². The summed E-state index contributed by atoms with van der Waals surface area (Å²) in [5.41, 5.74) is 0.735. The van der Waals surface area contributed by atoms with Crippen LogP contribution in [0.3, 0.4) is 0 Å². The summed E-state index contributed by atoms with van der Waals surface area (Å²) in [4.78, 5) is 43.0. The SMILES string of the molecule is O=C(CN1C(=O)C2C3C=CC(C3)C2C1=O)NCc1ccnc(Oc2ccc(F)cc2)c1. The monoisotopic (exact) mass is 421 g/mol. The van der Waals surface area contributed by atoms with E-state index in [-0.39, 0.29) is 54.4 Å². The molecule has 2 aromatic rings. The van der Waals surface area contributed by atoms with Gasteiger partial charge in [-0.25, -0.2) is 9.37 Å². The number of carbonyl (C=O) groups is 3. The van der Waals surface area contributed by atoms with Gasteiger partial charge in [0, 0.05) is 18.8 Å². The van der Waals surface area contributed by atoms with Gasteiger partial charge in [0.1, 0.15) is 18.1 Å². The number of likely N-dealkylation sites (tertiary alicyclic amines) is 1. The Balaban J connectivity index is 1.17. The number of rotatable bonds is 6. The van der Waals surface area contributed by atoms with Gasteiger partial charge in [-0.05, 0) is 54.2 Å². The lowest BCUT2D eigenvalue weighted by molar-refractivity contribution is -0.144. The van der Waals surface area contributed by atoms with Crippen LogP contribution in [-0.4, -0.2) is 34.2 Å². The van der Waals surface area contributed by atoms with Crippen molar-refractivity contribution in [2.75, 3.05) is 6.54 Å². The maximum Gasteiger partial charge on any atom is 0.240 e. The first-order valence-corrected chi connectivity index (χ1v) is 10.2. The van der Waals surface area contributed by atoms with Gasteiger partial charge in [0.05, 0.1) is 11.8 Å². The van der Waals surface area contributed by atoms with Gasteiger partial charge in [-0.1, -0.05) is 12.2 Å². The number of halogens is 1. The van der Waals surface area contributed by atoms with E-state index >= 15 is 0 Å². The molecule has 5 rings (SSSR count). The predicted octanol–water partition coefficient (Wildman–Crippen LogP) is 2.44. The molecule has 0 radical (unpaired) electrons. The summed E-state index contributed by atoms with van der Waals surface area (Å²) in [5.74, 6) is -0.856. The minimum absolute atomic E-state index is 0.121. The first kappa shape index (κ1) is 19.4. The van der Waals surface area contributed by atoms with Crippen molar-refractivity contribution in [1.82, 2.24) is 15.2 Å². The minimum Gasteiger partial charge on any atom is -0.439 e. The molecule has 1 aromatic carbocycles. The van der Waals surface area contributed by atoms with E-state index in [9.17, 15) is 18.8 Å². The lowest BCUT2D eigenvalue weighted by Gasteiger charge is -2.17. The Morgan fingerprint density at radius 3 is 2.45 bits per heavy atom. The van der Waals surface area contributed by atoms with Crippen LogP contribution in [0.5, 0.6) is 11.6 Å². The summed E-state index contributed by atoms with van der Waals surface area (Å²) in [6, 6.07) is 8.94. The van der Waals surface area contributed by atoms with E-state index in [1.807, 2.05) is 12.2 Å². The maximum atomic E-state index is 13.0. The fourth-order valence-corrected chi connectivity index (χ4v) is 4.76. The number of hydrogen-bond acceptors (Lipinski definition) is 5. The van der Waals surface area contributed by atoms with Gasteiger partial charge in [0.15, 0.2) is 0 Å².